The van der Waals surface area contributed by atoms with Crippen molar-refractivity contribution in [3.05, 3.63) is 66.2 Å². The summed E-state index contributed by atoms with van der Waals surface area (Å²) >= 11 is 0. The molecule has 0 bridgehead atoms. The number of rotatable bonds is 6. The van der Waals surface area contributed by atoms with E-state index in [1.165, 1.54) is 20.0 Å². The van der Waals surface area contributed by atoms with Crippen LogP contribution >= 0.6 is 0 Å². The lowest BCUT2D eigenvalue weighted by molar-refractivity contribution is -0.260. The minimum atomic E-state index is -4.97. The lowest BCUT2D eigenvalue weighted by Gasteiger charge is -2.38. The zero-order valence-electron chi connectivity index (χ0n) is 16.5. The molecule has 30 heavy (non-hydrogen) atoms. The molecule has 1 atom stereocenters. The van der Waals surface area contributed by atoms with Crippen LogP contribution in [-0.4, -0.2) is 33.5 Å². The number of phenolic OH excluding ortho intramolecular Hbond substituents is 1. The van der Waals surface area contributed by atoms with E-state index in [-0.39, 0.29) is 11.3 Å². The fourth-order valence-electron chi connectivity index (χ4n) is 3.66. The van der Waals surface area contributed by atoms with Crippen molar-refractivity contribution < 1.29 is 27.8 Å². The van der Waals surface area contributed by atoms with Crippen molar-refractivity contribution in [2.45, 2.75) is 37.5 Å². The summed E-state index contributed by atoms with van der Waals surface area (Å²) in [5, 5.41) is 24.8. The van der Waals surface area contributed by atoms with Gasteiger partial charge < -0.3 is 15.5 Å². The van der Waals surface area contributed by atoms with E-state index in [2.05, 4.69) is 10.3 Å². The number of aromatic nitrogens is 1. The van der Waals surface area contributed by atoms with E-state index in [9.17, 15) is 27.8 Å². The Labute approximate surface area is 171 Å². The summed E-state index contributed by atoms with van der Waals surface area (Å²) in [5.41, 5.74) is -4.10. The van der Waals surface area contributed by atoms with Crippen molar-refractivity contribution in [2.24, 2.45) is 0 Å². The molecular weight excluding hydrogens is 400 g/mol. The van der Waals surface area contributed by atoms with Gasteiger partial charge in [0, 0.05) is 34.4 Å². The van der Waals surface area contributed by atoms with Crippen molar-refractivity contribution in [3.8, 4) is 5.75 Å². The maximum absolute atomic E-state index is 13.9. The van der Waals surface area contributed by atoms with Crippen LogP contribution in [0.3, 0.4) is 0 Å². The average molecular weight is 422 g/mol. The SMILES string of the molecule is CC(C)(CC(O)(CNc1cccc2cnccc12)C(F)(F)F)c1cc(F)ccc1O. The minimum absolute atomic E-state index is 0.0126. The highest BCUT2D eigenvalue weighted by molar-refractivity contribution is 5.93. The maximum Gasteiger partial charge on any atom is 0.418 e. The van der Waals surface area contributed by atoms with Gasteiger partial charge in [-0.2, -0.15) is 13.2 Å². The van der Waals surface area contributed by atoms with Crippen LogP contribution in [0.5, 0.6) is 5.75 Å². The van der Waals surface area contributed by atoms with Crippen LogP contribution in [0.4, 0.5) is 23.2 Å². The molecular formula is C22H22F4N2O2. The van der Waals surface area contributed by atoms with Gasteiger partial charge >= 0.3 is 6.18 Å². The van der Waals surface area contributed by atoms with Crippen LogP contribution in [0.15, 0.2) is 54.9 Å². The first-order chi connectivity index (χ1) is 13.9. The minimum Gasteiger partial charge on any atom is -0.508 e. The highest BCUT2D eigenvalue weighted by atomic mass is 19.4. The molecule has 0 aliphatic rings. The lowest BCUT2D eigenvalue weighted by atomic mass is 9.74. The number of pyridine rings is 1. The fourth-order valence-corrected chi connectivity index (χ4v) is 3.66. The number of nitrogens with zero attached hydrogens (tertiary/aromatic N) is 1. The van der Waals surface area contributed by atoms with Crippen molar-refractivity contribution in [3.63, 3.8) is 0 Å². The molecule has 1 aromatic heterocycles. The Hall–Kier alpha value is -2.87. The van der Waals surface area contributed by atoms with Crippen molar-refractivity contribution in [2.75, 3.05) is 11.9 Å². The number of fused-ring (bicyclic) bond motifs is 1. The summed E-state index contributed by atoms with van der Waals surface area (Å²) in [6.07, 6.45) is -2.64. The molecule has 3 aromatic rings. The number of aliphatic hydroxyl groups is 1. The third kappa shape index (κ3) is 4.33. The molecule has 0 amide bonds. The Kier molecular flexibility index (Phi) is 5.64. The Balaban J connectivity index is 1.92. The zero-order chi connectivity index (χ0) is 22.2. The molecule has 0 aliphatic carbocycles. The number of aromatic hydroxyl groups is 1. The third-order valence-electron chi connectivity index (χ3n) is 5.20. The number of hydrogen-bond acceptors (Lipinski definition) is 4. The summed E-state index contributed by atoms with van der Waals surface area (Å²) < 4.78 is 55.4. The van der Waals surface area contributed by atoms with E-state index in [1.807, 2.05) is 0 Å². The molecule has 0 aliphatic heterocycles. The quantitative estimate of drug-likeness (QED) is 0.481. The second-order valence-corrected chi connectivity index (χ2v) is 8.01. The van der Waals surface area contributed by atoms with Crippen molar-refractivity contribution >= 4 is 16.5 Å². The lowest BCUT2D eigenvalue weighted by Crippen LogP contribution is -2.53. The van der Waals surface area contributed by atoms with Crippen LogP contribution in [-0.2, 0) is 5.41 Å². The predicted octanol–water partition coefficient (Wildman–Crippen LogP) is 5.15. The number of phenols is 1. The topological polar surface area (TPSA) is 65.4 Å². The summed E-state index contributed by atoms with van der Waals surface area (Å²) in [7, 11) is 0. The standard InChI is InChI=1S/C22H22F4N2O2/c1-20(2,17-10-15(23)6-7-19(17)29)12-21(30,22(24,25)26)13-28-18-5-3-4-14-11-27-9-8-16(14)18/h3-11,28-30H,12-13H2,1-2H3. The number of anilines is 1. The van der Waals surface area contributed by atoms with Gasteiger partial charge in [0.15, 0.2) is 5.60 Å². The molecule has 0 fully saturated rings. The van der Waals surface area contributed by atoms with E-state index >= 15 is 0 Å². The number of nitrogens with one attached hydrogen (secondary N) is 1. The molecule has 0 spiro atoms. The Bertz CT molecular complexity index is 1050. The summed E-state index contributed by atoms with van der Waals surface area (Å²) in [6.45, 7) is 2.01. The number of halogens is 4. The molecule has 1 heterocycles. The Morgan fingerprint density at radius 3 is 2.50 bits per heavy atom. The van der Waals surface area contributed by atoms with Gasteiger partial charge in [0.2, 0.25) is 0 Å². The Morgan fingerprint density at radius 2 is 1.80 bits per heavy atom. The number of benzene rings is 2. The van der Waals surface area contributed by atoms with Crippen LogP contribution in [0.2, 0.25) is 0 Å². The summed E-state index contributed by atoms with van der Waals surface area (Å²) in [4.78, 5) is 3.99. The van der Waals surface area contributed by atoms with E-state index in [1.54, 1.807) is 30.5 Å². The summed E-state index contributed by atoms with van der Waals surface area (Å²) in [6, 6.07) is 9.81. The van der Waals surface area contributed by atoms with Crippen molar-refractivity contribution in [1.82, 2.24) is 4.98 Å². The van der Waals surface area contributed by atoms with E-state index in [0.29, 0.717) is 11.1 Å². The van der Waals surface area contributed by atoms with Gasteiger partial charge in [0.05, 0.1) is 6.54 Å². The molecule has 3 N–H and O–H groups in total. The van der Waals surface area contributed by atoms with Gasteiger partial charge in [0.1, 0.15) is 11.6 Å². The van der Waals surface area contributed by atoms with E-state index in [0.717, 1.165) is 23.6 Å². The average Bonchev–Trinajstić information content (AvgIpc) is 2.67. The second kappa shape index (κ2) is 7.75. The van der Waals surface area contributed by atoms with Crippen LogP contribution in [0.1, 0.15) is 25.8 Å². The third-order valence-corrected chi connectivity index (χ3v) is 5.20. The summed E-state index contributed by atoms with van der Waals surface area (Å²) in [5.74, 6) is -1.02. The first kappa shape index (κ1) is 21.8. The molecule has 160 valence electrons. The van der Waals surface area contributed by atoms with E-state index in [4.69, 9.17) is 0 Å². The smallest absolute Gasteiger partial charge is 0.418 e. The van der Waals surface area contributed by atoms with Gasteiger partial charge in [-0.1, -0.05) is 26.0 Å². The van der Waals surface area contributed by atoms with Crippen molar-refractivity contribution in [1.29, 1.82) is 0 Å². The number of alkyl halides is 3. The normalized spacial score (nSPS) is 14.5. The first-order valence-corrected chi connectivity index (χ1v) is 9.28. The van der Waals surface area contributed by atoms with Gasteiger partial charge in [-0.15, -0.1) is 0 Å². The van der Waals surface area contributed by atoms with Gasteiger partial charge in [-0.25, -0.2) is 4.39 Å². The molecule has 0 saturated carbocycles. The van der Waals surface area contributed by atoms with Gasteiger partial charge in [0.25, 0.3) is 0 Å². The monoisotopic (exact) mass is 422 g/mol. The van der Waals surface area contributed by atoms with Crippen LogP contribution in [0, 0.1) is 5.82 Å². The number of hydrogen-bond donors (Lipinski definition) is 3. The molecule has 0 radical (unpaired) electrons. The van der Waals surface area contributed by atoms with E-state index < -0.39 is 36.0 Å². The van der Waals surface area contributed by atoms with Crippen LogP contribution in [0.25, 0.3) is 10.8 Å². The zero-order valence-corrected chi connectivity index (χ0v) is 16.5. The highest BCUT2D eigenvalue weighted by Crippen LogP contribution is 2.43. The molecule has 4 nitrogen and oxygen atoms in total. The maximum atomic E-state index is 13.9. The molecule has 8 heteroatoms. The Morgan fingerprint density at radius 1 is 1.07 bits per heavy atom. The molecule has 1 unspecified atom stereocenters. The highest BCUT2D eigenvalue weighted by Gasteiger charge is 2.56. The largest absolute Gasteiger partial charge is 0.508 e. The van der Waals surface area contributed by atoms with Gasteiger partial charge in [-0.3, -0.25) is 4.98 Å². The fraction of sp³-hybridized carbons (Fsp3) is 0.318. The van der Waals surface area contributed by atoms with Gasteiger partial charge in [-0.05, 0) is 42.2 Å². The first-order valence-electron chi connectivity index (χ1n) is 9.28. The molecule has 3 rings (SSSR count). The predicted molar refractivity (Wildman–Crippen MR) is 107 cm³/mol. The second-order valence-electron chi connectivity index (χ2n) is 8.01. The molecule has 2 aromatic carbocycles. The molecule has 0 saturated heterocycles. The van der Waals surface area contributed by atoms with Crippen LogP contribution < -0.4 is 5.32 Å².